The summed E-state index contributed by atoms with van der Waals surface area (Å²) in [6.07, 6.45) is 12.7. The topological polar surface area (TPSA) is 29.9 Å². The Labute approximate surface area is 130 Å². The van der Waals surface area contributed by atoms with Crippen LogP contribution in [0.4, 0.5) is 0 Å². The van der Waals surface area contributed by atoms with Gasteiger partial charge in [-0.2, -0.15) is 5.10 Å². The average molecular weight is 291 g/mol. The number of hydrogen-bond acceptors (Lipinski definition) is 2. The van der Waals surface area contributed by atoms with E-state index in [1.54, 1.807) is 0 Å². The predicted molar refractivity (Wildman–Crippen MR) is 89.5 cm³/mol. The largest absolute Gasteiger partial charge is 0.312 e. The van der Waals surface area contributed by atoms with Crippen LogP contribution in [0.1, 0.15) is 83.0 Å². The standard InChI is InChI=1S/C18H33N3/c1-4-9-18-16(13-19-12-15(2)3)14-20-21(18)17-10-7-5-6-8-11-17/h14-15,17,19H,4-13H2,1-3H3. The molecular weight excluding hydrogens is 258 g/mol. The second-order valence-corrected chi connectivity index (χ2v) is 6.98. The first-order valence-electron chi connectivity index (χ1n) is 8.98. The molecule has 1 aliphatic rings. The summed E-state index contributed by atoms with van der Waals surface area (Å²) in [5.41, 5.74) is 2.91. The van der Waals surface area contributed by atoms with E-state index >= 15 is 0 Å². The molecule has 1 saturated carbocycles. The fourth-order valence-electron chi connectivity index (χ4n) is 3.40. The van der Waals surface area contributed by atoms with E-state index in [0.717, 1.165) is 19.5 Å². The van der Waals surface area contributed by atoms with Gasteiger partial charge in [-0.3, -0.25) is 4.68 Å². The van der Waals surface area contributed by atoms with Crippen LogP contribution in [0.25, 0.3) is 0 Å². The number of aromatic nitrogens is 2. The molecule has 120 valence electrons. The Bertz CT molecular complexity index is 401. The molecule has 1 fully saturated rings. The maximum atomic E-state index is 4.77. The van der Waals surface area contributed by atoms with Crippen molar-refractivity contribution >= 4 is 0 Å². The summed E-state index contributed by atoms with van der Waals surface area (Å²) in [5, 5.41) is 8.35. The third-order valence-electron chi connectivity index (χ3n) is 4.51. The molecule has 0 amide bonds. The molecule has 0 unspecified atom stereocenters. The minimum atomic E-state index is 0.646. The van der Waals surface area contributed by atoms with Crippen molar-refractivity contribution in [2.75, 3.05) is 6.54 Å². The lowest BCUT2D eigenvalue weighted by atomic mass is 10.1. The number of nitrogens with zero attached hydrogens (tertiary/aromatic N) is 2. The van der Waals surface area contributed by atoms with Gasteiger partial charge < -0.3 is 5.32 Å². The normalized spacial score (nSPS) is 17.3. The summed E-state index contributed by atoms with van der Waals surface area (Å²) in [6, 6.07) is 0.646. The molecule has 1 aromatic rings. The van der Waals surface area contributed by atoms with Crippen LogP contribution >= 0.6 is 0 Å². The van der Waals surface area contributed by atoms with Crippen LogP contribution in [0.2, 0.25) is 0 Å². The van der Waals surface area contributed by atoms with Gasteiger partial charge in [0, 0.05) is 17.8 Å². The van der Waals surface area contributed by atoms with E-state index in [0.29, 0.717) is 12.0 Å². The van der Waals surface area contributed by atoms with Crippen molar-refractivity contribution in [1.82, 2.24) is 15.1 Å². The number of nitrogens with one attached hydrogen (secondary N) is 1. The van der Waals surface area contributed by atoms with Crippen LogP contribution in [0.15, 0.2) is 6.20 Å². The van der Waals surface area contributed by atoms with Gasteiger partial charge in [0.2, 0.25) is 0 Å². The third-order valence-corrected chi connectivity index (χ3v) is 4.51. The minimum Gasteiger partial charge on any atom is -0.312 e. The Balaban J connectivity index is 2.07. The zero-order chi connectivity index (χ0) is 15.1. The van der Waals surface area contributed by atoms with Crippen molar-refractivity contribution in [3.8, 4) is 0 Å². The maximum absolute atomic E-state index is 4.77. The highest BCUT2D eigenvalue weighted by Crippen LogP contribution is 2.29. The molecule has 1 N–H and O–H groups in total. The maximum Gasteiger partial charge on any atom is 0.0537 e. The second kappa shape index (κ2) is 8.57. The predicted octanol–water partition coefficient (Wildman–Crippen LogP) is 4.48. The van der Waals surface area contributed by atoms with Gasteiger partial charge in [-0.1, -0.05) is 52.9 Å². The van der Waals surface area contributed by atoms with Crippen LogP contribution in [0, 0.1) is 5.92 Å². The number of rotatable bonds is 7. The first-order valence-corrected chi connectivity index (χ1v) is 8.98. The summed E-state index contributed by atoms with van der Waals surface area (Å²) in [6.45, 7) is 8.85. The Morgan fingerprint density at radius 2 is 1.95 bits per heavy atom. The van der Waals surface area contributed by atoms with Crippen molar-refractivity contribution in [2.45, 2.75) is 84.7 Å². The molecule has 1 heterocycles. The lowest BCUT2D eigenvalue weighted by molar-refractivity contribution is 0.391. The van der Waals surface area contributed by atoms with Crippen molar-refractivity contribution in [2.24, 2.45) is 5.92 Å². The summed E-state index contributed by atoms with van der Waals surface area (Å²) < 4.78 is 2.38. The van der Waals surface area contributed by atoms with Crippen molar-refractivity contribution in [1.29, 1.82) is 0 Å². The van der Waals surface area contributed by atoms with Gasteiger partial charge in [0.15, 0.2) is 0 Å². The van der Waals surface area contributed by atoms with E-state index in [9.17, 15) is 0 Å². The summed E-state index contributed by atoms with van der Waals surface area (Å²) >= 11 is 0. The highest BCUT2D eigenvalue weighted by atomic mass is 15.3. The molecular formula is C18H33N3. The summed E-state index contributed by atoms with van der Waals surface area (Å²) in [7, 11) is 0. The first kappa shape index (κ1) is 16.5. The first-order chi connectivity index (χ1) is 10.2. The van der Waals surface area contributed by atoms with E-state index in [2.05, 4.69) is 37.0 Å². The second-order valence-electron chi connectivity index (χ2n) is 6.98. The molecule has 3 heteroatoms. The summed E-state index contributed by atoms with van der Waals surface area (Å²) in [5.74, 6) is 0.705. The van der Waals surface area contributed by atoms with Gasteiger partial charge >= 0.3 is 0 Å². The third kappa shape index (κ3) is 4.84. The van der Waals surface area contributed by atoms with Crippen LogP contribution in [0.3, 0.4) is 0 Å². The zero-order valence-electron chi connectivity index (χ0n) is 14.2. The van der Waals surface area contributed by atoms with Crippen molar-refractivity contribution in [3.63, 3.8) is 0 Å². The van der Waals surface area contributed by atoms with E-state index < -0.39 is 0 Å². The quantitative estimate of drug-likeness (QED) is 0.751. The summed E-state index contributed by atoms with van der Waals surface area (Å²) in [4.78, 5) is 0. The van der Waals surface area contributed by atoms with Crippen LogP contribution < -0.4 is 5.32 Å². The van der Waals surface area contributed by atoms with Gasteiger partial charge in [-0.25, -0.2) is 0 Å². The highest BCUT2D eigenvalue weighted by Gasteiger charge is 2.19. The molecule has 0 spiro atoms. The molecule has 0 atom stereocenters. The fourth-order valence-corrected chi connectivity index (χ4v) is 3.40. The highest BCUT2D eigenvalue weighted by molar-refractivity contribution is 5.18. The number of hydrogen-bond donors (Lipinski definition) is 1. The molecule has 1 aliphatic carbocycles. The molecule has 1 aromatic heterocycles. The average Bonchev–Trinajstić information content (AvgIpc) is 2.68. The van der Waals surface area contributed by atoms with Crippen molar-refractivity contribution < 1.29 is 0 Å². The SMILES string of the molecule is CCCc1c(CNCC(C)C)cnn1C1CCCCCC1. The Morgan fingerprint density at radius 3 is 2.57 bits per heavy atom. The zero-order valence-corrected chi connectivity index (χ0v) is 14.2. The van der Waals surface area contributed by atoms with E-state index in [4.69, 9.17) is 5.10 Å². The minimum absolute atomic E-state index is 0.646. The molecule has 0 bridgehead atoms. The van der Waals surface area contributed by atoms with Gasteiger partial charge in [-0.15, -0.1) is 0 Å². The van der Waals surface area contributed by atoms with Crippen LogP contribution in [0.5, 0.6) is 0 Å². The van der Waals surface area contributed by atoms with E-state index in [1.165, 1.54) is 56.2 Å². The van der Waals surface area contributed by atoms with Crippen molar-refractivity contribution in [3.05, 3.63) is 17.5 Å². The Kier molecular flexibility index (Phi) is 6.75. The van der Waals surface area contributed by atoms with E-state index in [1.807, 2.05) is 0 Å². The lowest BCUT2D eigenvalue weighted by Crippen LogP contribution is -2.20. The monoisotopic (exact) mass is 291 g/mol. The van der Waals surface area contributed by atoms with Crippen LogP contribution in [-0.2, 0) is 13.0 Å². The Hall–Kier alpha value is -0.830. The lowest BCUT2D eigenvalue weighted by Gasteiger charge is -2.19. The molecule has 3 nitrogen and oxygen atoms in total. The fraction of sp³-hybridized carbons (Fsp3) is 0.833. The molecule has 0 radical (unpaired) electrons. The molecule has 2 rings (SSSR count). The van der Waals surface area contributed by atoms with Crippen LogP contribution in [-0.4, -0.2) is 16.3 Å². The molecule has 0 aromatic carbocycles. The van der Waals surface area contributed by atoms with Gasteiger partial charge in [0.25, 0.3) is 0 Å². The van der Waals surface area contributed by atoms with Gasteiger partial charge in [0.05, 0.1) is 12.2 Å². The molecule has 21 heavy (non-hydrogen) atoms. The van der Waals surface area contributed by atoms with Gasteiger partial charge in [-0.05, 0) is 31.7 Å². The van der Waals surface area contributed by atoms with Gasteiger partial charge in [0.1, 0.15) is 0 Å². The van der Waals surface area contributed by atoms with E-state index in [-0.39, 0.29) is 0 Å². The molecule has 0 aliphatic heterocycles. The smallest absolute Gasteiger partial charge is 0.0537 e. The Morgan fingerprint density at radius 1 is 1.24 bits per heavy atom. The molecule has 0 saturated heterocycles.